The number of hydrogen-bond donors (Lipinski definition) is 1. The van der Waals surface area contributed by atoms with Crippen LogP contribution in [0, 0.1) is 0 Å². The second-order valence-corrected chi connectivity index (χ2v) is 14.2. The summed E-state index contributed by atoms with van der Waals surface area (Å²) in [4.78, 5) is 30.0. The minimum atomic E-state index is -4.24. The highest BCUT2D eigenvalue weighted by Crippen LogP contribution is 2.28. The van der Waals surface area contributed by atoms with Gasteiger partial charge in [-0.2, -0.15) is 0 Å². The highest BCUT2D eigenvalue weighted by atomic mass is 79.9. The predicted molar refractivity (Wildman–Crippen MR) is 190 cm³/mol. The van der Waals surface area contributed by atoms with Crippen LogP contribution in [0.5, 0.6) is 5.75 Å². The molecule has 0 heterocycles. The van der Waals surface area contributed by atoms with Crippen molar-refractivity contribution in [1.82, 2.24) is 10.2 Å². The summed E-state index contributed by atoms with van der Waals surface area (Å²) < 4.78 is 35.8. The normalized spacial score (nSPS) is 12.5. The number of benzene rings is 4. The molecule has 0 saturated heterocycles. The molecule has 0 aromatic heterocycles. The molecule has 8 nitrogen and oxygen atoms in total. The number of amides is 2. The molecule has 4 aromatic carbocycles. The maximum Gasteiger partial charge on any atom is 0.264 e. The van der Waals surface area contributed by atoms with Crippen molar-refractivity contribution in [2.24, 2.45) is 0 Å². The fourth-order valence-electron chi connectivity index (χ4n) is 4.94. The van der Waals surface area contributed by atoms with Crippen LogP contribution in [0.2, 0.25) is 5.02 Å². The maximum absolute atomic E-state index is 14.6. The smallest absolute Gasteiger partial charge is 0.264 e. The van der Waals surface area contributed by atoms with E-state index in [1.54, 1.807) is 60.7 Å². The molecule has 2 atom stereocenters. The molecule has 1 N–H and O–H groups in total. The Bertz CT molecular complexity index is 1740. The Hall–Kier alpha value is -3.86. The number of halogens is 2. The molecular weight excluding hydrogens is 702 g/mol. The molecule has 248 valence electrons. The van der Waals surface area contributed by atoms with Crippen molar-refractivity contribution in [3.63, 3.8) is 0 Å². The zero-order chi connectivity index (χ0) is 34.0. The van der Waals surface area contributed by atoms with E-state index in [-0.39, 0.29) is 35.5 Å². The Morgan fingerprint density at radius 3 is 2.15 bits per heavy atom. The monoisotopic (exact) mass is 739 g/mol. The van der Waals surface area contributed by atoms with Gasteiger partial charge in [-0.25, -0.2) is 8.42 Å². The van der Waals surface area contributed by atoms with E-state index in [1.165, 1.54) is 17.0 Å². The van der Waals surface area contributed by atoms with Crippen LogP contribution >= 0.6 is 27.5 Å². The van der Waals surface area contributed by atoms with Crippen LogP contribution in [0.15, 0.2) is 112 Å². The van der Waals surface area contributed by atoms with Crippen molar-refractivity contribution in [1.29, 1.82) is 0 Å². The molecule has 0 saturated carbocycles. The summed E-state index contributed by atoms with van der Waals surface area (Å²) in [5, 5.41) is 3.46. The standard InChI is InChI=1S/C36H39BrClN3O5S/c1-4-26(3)39-36(43)34(23-27-11-7-6-8-12-27)40(24-28-13-9-10-14-33(28)38)35(42)25-41(30-17-19-31(20-18-30)46-5-2)47(44,45)32-21-15-29(37)16-22-32/h6-22,26,34H,4-5,23-25H2,1-3H3,(H,39,43). The Labute approximate surface area is 290 Å². The summed E-state index contributed by atoms with van der Waals surface area (Å²) in [6.45, 7) is 5.57. The second kappa shape index (κ2) is 16.8. The molecule has 4 aromatic rings. The number of nitrogens with zero attached hydrogens (tertiary/aromatic N) is 2. The third kappa shape index (κ3) is 9.59. The second-order valence-electron chi connectivity index (χ2n) is 11.0. The Morgan fingerprint density at radius 1 is 0.894 bits per heavy atom. The predicted octanol–water partition coefficient (Wildman–Crippen LogP) is 7.25. The number of carbonyl (C=O) groups excluding carboxylic acids is 2. The molecule has 0 bridgehead atoms. The summed E-state index contributed by atoms with van der Waals surface area (Å²) in [6, 6.07) is 28.1. The molecular formula is C36H39BrClN3O5S. The van der Waals surface area contributed by atoms with Gasteiger partial charge < -0.3 is 15.0 Å². The minimum Gasteiger partial charge on any atom is -0.494 e. The molecule has 4 rings (SSSR count). The molecule has 0 radical (unpaired) electrons. The fraction of sp³-hybridized carbons (Fsp3) is 0.278. The summed E-state index contributed by atoms with van der Waals surface area (Å²) in [5.41, 5.74) is 1.74. The van der Waals surface area contributed by atoms with Crippen molar-refractivity contribution in [3.05, 3.63) is 124 Å². The van der Waals surface area contributed by atoms with E-state index in [0.29, 0.717) is 33.8 Å². The van der Waals surface area contributed by atoms with E-state index < -0.39 is 28.5 Å². The van der Waals surface area contributed by atoms with Crippen LogP contribution in [0.3, 0.4) is 0 Å². The first-order valence-electron chi connectivity index (χ1n) is 15.4. The van der Waals surface area contributed by atoms with Gasteiger partial charge in [0.15, 0.2) is 0 Å². The number of ether oxygens (including phenoxy) is 1. The molecule has 0 spiro atoms. The van der Waals surface area contributed by atoms with Crippen LogP contribution in [0.1, 0.15) is 38.3 Å². The van der Waals surface area contributed by atoms with Crippen molar-refractivity contribution in [3.8, 4) is 5.75 Å². The maximum atomic E-state index is 14.6. The highest BCUT2D eigenvalue weighted by Gasteiger charge is 2.35. The lowest BCUT2D eigenvalue weighted by Gasteiger charge is -2.34. The van der Waals surface area contributed by atoms with Gasteiger partial charge in [-0.3, -0.25) is 13.9 Å². The molecule has 0 aliphatic carbocycles. The Morgan fingerprint density at radius 2 is 1.53 bits per heavy atom. The molecule has 2 unspecified atom stereocenters. The molecule has 2 amide bonds. The third-order valence-electron chi connectivity index (χ3n) is 7.69. The van der Waals surface area contributed by atoms with E-state index in [4.69, 9.17) is 16.3 Å². The van der Waals surface area contributed by atoms with Gasteiger partial charge in [-0.1, -0.05) is 83.0 Å². The van der Waals surface area contributed by atoms with Crippen molar-refractivity contribution < 1.29 is 22.7 Å². The number of carbonyl (C=O) groups is 2. The molecule has 0 aliphatic rings. The van der Waals surface area contributed by atoms with Crippen LogP contribution in [-0.4, -0.2) is 50.4 Å². The first kappa shape index (κ1) is 36.0. The van der Waals surface area contributed by atoms with E-state index in [1.807, 2.05) is 51.1 Å². The first-order chi connectivity index (χ1) is 22.5. The van der Waals surface area contributed by atoms with Gasteiger partial charge in [0, 0.05) is 28.5 Å². The number of sulfonamides is 1. The van der Waals surface area contributed by atoms with Gasteiger partial charge in [0.05, 0.1) is 17.2 Å². The largest absolute Gasteiger partial charge is 0.494 e. The number of nitrogens with one attached hydrogen (secondary N) is 1. The van der Waals surface area contributed by atoms with E-state index in [0.717, 1.165) is 9.87 Å². The lowest BCUT2D eigenvalue weighted by atomic mass is 10.0. The zero-order valence-corrected chi connectivity index (χ0v) is 29.8. The van der Waals surface area contributed by atoms with Crippen LogP contribution in [0.25, 0.3) is 0 Å². The quantitative estimate of drug-likeness (QED) is 0.139. The van der Waals surface area contributed by atoms with E-state index >= 15 is 0 Å². The van der Waals surface area contributed by atoms with E-state index in [9.17, 15) is 18.0 Å². The summed E-state index contributed by atoms with van der Waals surface area (Å²) in [7, 11) is -4.24. The molecule has 11 heteroatoms. The summed E-state index contributed by atoms with van der Waals surface area (Å²) >= 11 is 9.93. The molecule has 0 fully saturated rings. The van der Waals surface area contributed by atoms with Crippen LogP contribution < -0.4 is 14.4 Å². The zero-order valence-electron chi connectivity index (χ0n) is 26.6. The number of hydrogen-bond acceptors (Lipinski definition) is 5. The van der Waals surface area contributed by atoms with Gasteiger partial charge >= 0.3 is 0 Å². The number of anilines is 1. The molecule has 0 aliphatic heterocycles. The average Bonchev–Trinajstić information content (AvgIpc) is 3.07. The van der Waals surface area contributed by atoms with Gasteiger partial charge in [0.1, 0.15) is 18.3 Å². The van der Waals surface area contributed by atoms with E-state index in [2.05, 4.69) is 21.2 Å². The SMILES string of the molecule is CCOc1ccc(N(CC(=O)N(Cc2ccccc2Cl)C(Cc2ccccc2)C(=O)NC(C)CC)S(=O)(=O)c2ccc(Br)cc2)cc1. The van der Waals surface area contributed by atoms with Crippen molar-refractivity contribution >= 4 is 55.1 Å². The summed E-state index contributed by atoms with van der Waals surface area (Å²) in [6.07, 6.45) is 0.904. The van der Waals surface area contributed by atoms with Gasteiger partial charge in [-0.05, 0) is 86.0 Å². The van der Waals surface area contributed by atoms with Gasteiger partial charge in [-0.15, -0.1) is 0 Å². The minimum absolute atomic E-state index is 0.00962. The van der Waals surface area contributed by atoms with Crippen LogP contribution in [-0.2, 0) is 32.6 Å². The van der Waals surface area contributed by atoms with Gasteiger partial charge in [0.2, 0.25) is 11.8 Å². The third-order valence-corrected chi connectivity index (χ3v) is 10.4. The Balaban J connectivity index is 1.81. The van der Waals surface area contributed by atoms with Crippen molar-refractivity contribution in [2.75, 3.05) is 17.5 Å². The Kier molecular flexibility index (Phi) is 12.9. The molecule has 47 heavy (non-hydrogen) atoms. The lowest BCUT2D eigenvalue weighted by Crippen LogP contribution is -2.54. The fourth-order valence-corrected chi connectivity index (χ4v) is 6.82. The first-order valence-corrected chi connectivity index (χ1v) is 18.0. The van der Waals surface area contributed by atoms with Crippen LogP contribution in [0.4, 0.5) is 5.69 Å². The van der Waals surface area contributed by atoms with Gasteiger partial charge in [0.25, 0.3) is 10.0 Å². The van der Waals surface area contributed by atoms with Crippen molar-refractivity contribution in [2.45, 2.75) is 57.1 Å². The number of rotatable bonds is 15. The highest BCUT2D eigenvalue weighted by molar-refractivity contribution is 9.10. The lowest BCUT2D eigenvalue weighted by molar-refractivity contribution is -0.140. The average molecular weight is 741 g/mol. The topological polar surface area (TPSA) is 96.0 Å². The summed E-state index contributed by atoms with van der Waals surface area (Å²) in [5.74, 6) is -0.347.